The summed E-state index contributed by atoms with van der Waals surface area (Å²) in [6, 6.07) is 0. The monoisotopic (exact) mass is 306 g/mol. The normalized spacial score (nSPS) is 19.8. The van der Waals surface area contributed by atoms with Crippen molar-refractivity contribution in [2.24, 2.45) is 28.1 Å². The molecule has 2 aromatic rings. The fraction of sp³-hybridized carbons (Fsp3) is 0.571. The Hall–Kier alpha value is -1.60. The number of hydrazine groups is 1. The summed E-state index contributed by atoms with van der Waals surface area (Å²) in [5.74, 6) is 11.9. The maximum absolute atomic E-state index is 5.40. The second-order valence-electron chi connectivity index (χ2n) is 6.68. The predicted molar refractivity (Wildman–Crippen MR) is 86.1 cm³/mol. The maximum Gasteiger partial charge on any atom is 0.194 e. The number of aromatic nitrogens is 2. The van der Waals surface area contributed by atoms with Crippen molar-refractivity contribution in [2.45, 2.75) is 40.0 Å². The molecule has 0 aliphatic heterocycles. The van der Waals surface area contributed by atoms with Gasteiger partial charge in [0.15, 0.2) is 10.8 Å². The first-order chi connectivity index (χ1) is 9.94. The van der Waals surface area contributed by atoms with Crippen LogP contribution in [0.2, 0.25) is 0 Å². The van der Waals surface area contributed by atoms with Gasteiger partial charge in [-0.2, -0.15) is 5.10 Å². The topological polar surface area (TPSA) is 93.7 Å². The van der Waals surface area contributed by atoms with E-state index in [-0.39, 0.29) is 0 Å². The van der Waals surface area contributed by atoms with Gasteiger partial charge in [0.05, 0.1) is 0 Å². The molecule has 0 saturated carbocycles. The Kier molecular flexibility index (Phi) is 3.41. The van der Waals surface area contributed by atoms with Crippen LogP contribution in [-0.2, 0) is 12.8 Å². The van der Waals surface area contributed by atoms with Crippen LogP contribution in [-0.4, -0.2) is 15.2 Å². The molecule has 114 valence electrons. The summed E-state index contributed by atoms with van der Waals surface area (Å²) in [6.07, 6.45) is 5.43. The zero-order valence-corrected chi connectivity index (χ0v) is 13.5. The number of rotatable bonds is 1. The van der Waals surface area contributed by atoms with Crippen LogP contribution in [0, 0.1) is 11.3 Å². The highest BCUT2D eigenvalue weighted by Gasteiger charge is 2.31. The summed E-state index contributed by atoms with van der Waals surface area (Å²) >= 11 is 1.77. The molecule has 0 bridgehead atoms. The van der Waals surface area contributed by atoms with Crippen molar-refractivity contribution in [3.05, 3.63) is 22.5 Å². The molecule has 2 aromatic heterocycles. The molecule has 1 aliphatic rings. The standard InChI is InChI=1S/C14H22N6S/c1-14(2,3)8-4-5-10-11(6-8)21-13-17-9(7-20(10)13)12(18-15)19-16/h7-8H,4-6,15-16H2,1-3H3,(H,18,19). The molecule has 1 unspecified atom stereocenters. The highest BCUT2D eigenvalue weighted by molar-refractivity contribution is 7.17. The number of thiazole rings is 1. The van der Waals surface area contributed by atoms with Crippen molar-refractivity contribution < 1.29 is 0 Å². The molecule has 2 heterocycles. The average molecular weight is 306 g/mol. The number of hydrazone groups is 1. The fourth-order valence-corrected chi connectivity index (χ4v) is 4.25. The van der Waals surface area contributed by atoms with Crippen LogP contribution in [0.3, 0.4) is 0 Å². The molecule has 7 heteroatoms. The van der Waals surface area contributed by atoms with Gasteiger partial charge in [-0.25, -0.2) is 10.8 Å². The van der Waals surface area contributed by atoms with E-state index in [0.717, 1.165) is 23.7 Å². The number of hydrogen-bond acceptors (Lipinski definition) is 5. The number of amidine groups is 1. The van der Waals surface area contributed by atoms with Crippen LogP contribution in [0.25, 0.3) is 4.96 Å². The van der Waals surface area contributed by atoms with Crippen LogP contribution >= 0.6 is 11.3 Å². The van der Waals surface area contributed by atoms with Gasteiger partial charge in [-0.3, -0.25) is 4.40 Å². The van der Waals surface area contributed by atoms with Crippen molar-refractivity contribution in [1.82, 2.24) is 14.8 Å². The summed E-state index contributed by atoms with van der Waals surface area (Å²) < 4.78 is 2.16. The molecule has 1 aliphatic carbocycles. The third-order valence-electron chi connectivity index (χ3n) is 4.40. The summed E-state index contributed by atoms with van der Waals surface area (Å²) in [7, 11) is 0. The number of nitrogens with one attached hydrogen (secondary N) is 1. The van der Waals surface area contributed by atoms with Gasteiger partial charge in [-0.15, -0.1) is 11.3 Å². The van der Waals surface area contributed by atoms with Gasteiger partial charge in [0.25, 0.3) is 0 Å². The molecule has 0 amide bonds. The van der Waals surface area contributed by atoms with E-state index < -0.39 is 0 Å². The summed E-state index contributed by atoms with van der Waals surface area (Å²) in [5, 5.41) is 3.62. The lowest BCUT2D eigenvalue weighted by molar-refractivity contribution is 0.216. The van der Waals surface area contributed by atoms with Gasteiger partial charge in [-0.1, -0.05) is 20.8 Å². The highest BCUT2D eigenvalue weighted by Crippen LogP contribution is 2.40. The van der Waals surface area contributed by atoms with Gasteiger partial charge >= 0.3 is 0 Å². The number of fused-ring (bicyclic) bond motifs is 3. The van der Waals surface area contributed by atoms with E-state index in [1.807, 2.05) is 6.20 Å². The first-order valence-electron chi connectivity index (χ1n) is 7.18. The van der Waals surface area contributed by atoms with Gasteiger partial charge in [0.1, 0.15) is 5.69 Å². The summed E-state index contributed by atoms with van der Waals surface area (Å²) in [5.41, 5.74) is 4.90. The van der Waals surface area contributed by atoms with Crippen LogP contribution < -0.4 is 17.1 Å². The molecular formula is C14H22N6S. The predicted octanol–water partition coefficient (Wildman–Crippen LogP) is 1.63. The number of imidazole rings is 1. The maximum atomic E-state index is 5.40. The zero-order valence-electron chi connectivity index (χ0n) is 12.7. The molecule has 0 fully saturated rings. The van der Waals surface area contributed by atoms with Crippen molar-refractivity contribution in [3.63, 3.8) is 0 Å². The van der Waals surface area contributed by atoms with Crippen molar-refractivity contribution in [3.8, 4) is 0 Å². The van der Waals surface area contributed by atoms with Gasteiger partial charge in [0.2, 0.25) is 0 Å². The zero-order chi connectivity index (χ0) is 15.2. The Morgan fingerprint density at radius 1 is 1.52 bits per heavy atom. The van der Waals surface area contributed by atoms with E-state index in [1.165, 1.54) is 17.0 Å². The van der Waals surface area contributed by atoms with Crippen LogP contribution in [0.5, 0.6) is 0 Å². The molecule has 0 spiro atoms. The summed E-state index contributed by atoms with van der Waals surface area (Å²) in [6.45, 7) is 6.99. The summed E-state index contributed by atoms with van der Waals surface area (Å²) in [4.78, 5) is 7.02. The minimum atomic E-state index is 0.359. The van der Waals surface area contributed by atoms with Crippen LogP contribution in [0.1, 0.15) is 43.5 Å². The van der Waals surface area contributed by atoms with Gasteiger partial charge in [-0.05, 0) is 30.6 Å². The molecular weight excluding hydrogens is 284 g/mol. The highest BCUT2D eigenvalue weighted by atomic mass is 32.1. The quantitative estimate of drug-likeness (QED) is 0.323. The first kappa shape index (κ1) is 14.3. The van der Waals surface area contributed by atoms with E-state index in [1.54, 1.807) is 11.3 Å². The van der Waals surface area contributed by atoms with E-state index in [2.05, 4.69) is 40.7 Å². The van der Waals surface area contributed by atoms with Gasteiger partial charge in [0, 0.05) is 16.8 Å². The lowest BCUT2D eigenvalue weighted by atomic mass is 9.73. The van der Waals surface area contributed by atoms with Crippen molar-refractivity contribution in [2.75, 3.05) is 0 Å². The second kappa shape index (κ2) is 4.99. The SMILES string of the molecule is CC(C)(C)C1CCc2c(sc3nc(/C(=N/N)NN)cn23)C1. The Morgan fingerprint density at radius 2 is 2.29 bits per heavy atom. The second-order valence-corrected chi connectivity index (χ2v) is 7.74. The Balaban J connectivity index is 1.97. The van der Waals surface area contributed by atoms with E-state index in [4.69, 9.17) is 11.7 Å². The van der Waals surface area contributed by atoms with E-state index in [0.29, 0.717) is 16.9 Å². The van der Waals surface area contributed by atoms with Crippen molar-refractivity contribution >= 4 is 22.1 Å². The molecule has 5 N–H and O–H groups in total. The van der Waals surface area contributed by atoms with E-state index >= 15 is 0 Å². The minimum Gasteiger partial charge on any atom is -0.321 e. The van der Waals surface area contributed by atoms with Crippen LogP contribution in [0.15, 0.2) is 11.3 Å². The Morgan fingerprint density at radius 3 is 2.90 bits per heavy atom. The average Bonchev–Trinajstić information content (AvgIpc) is 2.96. The lowest BCUT2D eigenvalue weighted by Crippen LogP contribution is -2.32. The molecule has 1 atom stereocenters. The number of aryl methyl sites for hydroxylation is 1. The van der Waals surface area contributed by atoms with Crippen LogP contribution in [0.4, 0.5) is 0 Å². The molecule has 0 aromatic carbocycles. The molecule has 3 rings (SSSR count). The number of nitrogens with zero attached hydrogens (tertiary/aromatic N) is 3. The molecule has 21 heavy (non-hydrogen) atoms. The molecule has 0 saturated heterocycles. The first-order valence-corrected chi connectivity index (χ1v) is 8.00. The fourth-order valence-electron chi connectivity index (χ4n) is 3.02. The molecule has 0 radical (unpaired) electrons. The smallest absolute Gasteiger partial charge is 0.194 e. The Labute approximate surface area is 128 Å². The minimum absolute atomic E-state index is 0.359. The van der Waals surface area contributed by atoms with E-state index in [9.17, 15) is 0 Å². The lowest BCUT2D eigenvalue weighted by Gasteiger charge is -2.33. The van der Waals surface area contributed by atoms with Crippen molar-refractivity contribution in [1.29, 1.82) is 0 Å². The number of hydrogen-bond donors (Lipinski definition) is 3. The largest absolute Gasteiger partial charge is 0.321 e. The Bertz CT molecular complexity index is 690. The third kappa shape index (κ3) is 2.40. The number of nitrogens with two attached hydrogens (primary N) is 2. The van der Waals surface area contributed by atoms with Gasteiger partial charge < -0.3 is 11.3 Å². The third-order valence-corrected chi connectivity index (χ3v) is 5.51. The molecule has 6 nitrogen and oxygen atoms in total.